The van der Waals surface area contributed by atoms with Gasteiger partial charge in [-0.25, -0.2) is 10.8 Å². The number of carbonyl (C=O) groups is 1. The summed E-state index contributed by atoms with van der Waals surface area (Å²) in [6, 6.07) is 0. The normalized spacial score (nSPS) is 10.0. The quantitative estimate of drug-likeness (QED) is 0.302. The molecule has 1 rings (SSSR count). The first kappa shape index (κ1) is 13.6. The monoisotopic (exact) mass is 304 g/mol. The maximum atomic E-state index is 10.4. The number of ether oxygens (including phenoxy) is 1. The first-order chi connectivity index (χ1) is 8.13. The minimum atomic E-state index is -0.497. The van der Waals surface area contributed by atoms with Crippen molar-refractivity contribution in [1.29, 1.82) is 0 Å². The molecule has 1 aromatic heterocycles. The molecule has 0 atom stereocenters. The Bertz CT molecular complexity index is 388. The molecule has 0 aliphatic heterocycles. The second-order valence-corrected chi connectivity index (χ2v) is 3.83. The summed E-state index contributed by atoms with van der Waals surface area (Å²) in [7, 11) is 0. The lowest BCUT2D eigenvalue weighted by Crippen LogP contribution is -2.21. The fourth-order valence-corrected chi connectivity index (χ4v) is 1.31. The van der Waals surface area contributed by atoms with Crippen LogP contribution in [0.4, 0.5) is 11.8 Å². The number of primary amides is 1. The zero-order valence-corrected chi connectivity index (χ0v) is 10.5. The molecule has 0 aromatic carbocycles. The number of nitrogens with zero attached hydrogens (tertiary/aromatic N) is 2. The van der Waals surface area contributed by atoms with Crippen molar-refractivity contribution in [2.45, 2.75) is 0 Å². The van der Waals surface area contributed by atoms with E-state index in [1.54, 1.807) is 6.20 Å². The van der Waals surface area contributed by atoms with E-state index in [0.29, 0.717) is 29.4 Å². The molecule has 0 aliphatic rings. The van der Waals surface area contributed by atoms with Crippen molar-refractivity contribution in [3.8, 4) is 0 Å². The second-order valence-electron chi connectivity index (χ2n) is 2.98. The van der Waals surface area contributed by atoms with Gasteiger partial charge in [0.2, 0.25) is 11.9 Å². The maximum absolute atomic E-state index is 10.4. The third-order valence-corrected chi connectivity index (χ3v) is 2.24. The van der Waals surface area contributed by atoms with Crippen LogP contribution >= 0.6 is 15.9 Å². The van der Waals surface area contributed by atoms with Crippen LogP contribution in [0.1, 0.15) is 0 Å². The number of nitrogens with two attached hydrogens (primary N) is 2. The molecule has 0 unspecified atom stereocenters. The Morgan fingerprint density at radius 2 is 2.35 bits per heavy atom. The van der Waals surface area contributed by atoms with E-state index in [4.69, 9.17) is 16.3 Å². The Balaban J connectivity index is 2.38. The molecule has 1 aromatic rings. The molecule has 8 nitrogen and oxygen atoms in total. The summed E-state index contributed by atoms with van der Waals surface area (Å²) in [5, 5.41) is 2.99. The number of amides is 1. The topological polar surface area (TPSA) is 128 Å². The van der Waals surface area contributed by atoms with Gasteiger partial charge in [0.25, 0.3) is 0 Å². The summed E-state index contributed by atoms with van der Waals surface area (Å²) in [6.45, 7) is 0.722. The van der Waals surface area contributed by atoms with Crippen LogP contribution in [0.3, 0.4) is 0 Å². The van der Waals surface area contributed by atoms with E-state index in [1.165, 1.54) is 0 Å². The number of hydrogen-bond donors (Lipinski definition) is 4. The van der Waals surface area contributed by atoms with Crippen molar-refractivity contribution in [3.05, 3.63) is 10.7 Å². The van der Waals surface area contributed by atoms with Gasteiger partial charge in [-0.3, -0.25) is 10.2 Å². The van der Waals surface area contributed by atoms with Gasteiger partial charge in [-0.15, -0.1) is 0 Å². The second kappa shape index (κ2) is 6.99. The average molecular weight is 305 g/mol. The van der Waals surface area contributed by atoms with E-state index in [9.17, 15) is 4.79 Å². The highest BCUT2D eigenvalue weighted by Gasteiger charge is 2.03. The molecule has 17 heavy (non-hydrogen) atoms. The van der Waals surface area contributed by atoms with Gasteiger partial charge in [-0.1, -0.05) is 0 Å². The van der Waals surface area contributed by atoms with Crippen LogP contribution in [0.25, 0.3) is 0 Å². The molecule has 0 aliphatic carbocycles. The number of hydrazine groups is 1. The molecule has 1 amide bonds. The van der Waals surface area contributed by atoms with Gasteiger partial charge in [0.05, 0.1) is 11.1 Å². The predicted molar refractivity (Wildman–Crippen MR) is 66.0 cm³/mol. The maximum Gasteiger partial charge on any atom is 0.243 e. The number of rotatable bonds is 7. The molecule has 94 valence electrons. The van der Waals surface area contributed by atoms with Crippen molar-refractivity contribution < 1.29 is 9.53 Å². The Hall–Kier alpha value is -1.45. The average Bonchev–Trinajstić information content (AvgIpc) is 2.30. The first-order valence-corrected chi connectivity index (χ1v) is 5.52. The molecule has 0 radical (unpaired) electrons. The van der Waals surface area contributed by atoms with Crippen LogP contribution in [0.2, 0.25) is 0 Å². The Kier molecular flexibility index (Phi) is 5.60. The van der Waals surface area contributed by atoms with Crippen molar-refractivity contribution in [1.82, 2.24) is 9.97 Å². The van der Waals surface area contributed by atoms with Gasteiger partial charge in [0, 0.05) is 12.7 Å². The third kappa shape index (κ3) is 4.93. The number of nitrogen functional groups attached to an aromatic ring is 1. The fourth-order valence-electron chi connectivity index (χ4n) is 0.975. The Labute approximate surface area is 106 Å². The van der Waals surface area contributed by atoms with Crippen molar-refractivity contribution in [2.75, 3.05) is 30.5 Å². The van der Waals surface area contributed by atoms with Gasteiger partial charge in [-0.05, 0) is 15.9 Å². The van der Waals surface area contributed by atoms with E-state index >= 15 is 0 Å². The van der Waals surface area contributed by atoms with Gasteiger partial charge in [0.1, 0.15) is 12.4 Å². The van der Waals surface area contributed by atoms with Gasteiger partial charge in [-0.2, -0.15) is 4.98 Å². The van der Waals surface area contributed by atoms with Crippen molar-refractivity contribution >= 4 is 33.6 Å². The van der Waals surface area contributed by atoms with Crippen molar-refractivity contribution in [3.63, 3.8) is 0 Å². The van der Waals surface area contributed by atoms with E-state index in [2.05, 4.69) is 36.6 Å². The molecule has 9 heteroatoms. The summed E-state index contributed by atoms with van der Waals surface area (Å²) in [5.41, 5.74) is 7.25. The minimum Gasteiger partial charge on any atom is -0.370 e. The lowest BCUT2D eigenvalue weighted by molar-refractivity contribution is -0.122. The summed E-state index contributed by atoms with van der Waals surface area (Å²) >= 11 is 3.28. The minimum absolute atomic E-state index is 0.0950. The zero-order chi connectivity index (χ0) is 12.7. The standard InChI is InChI=1S/C8H13BrN6O2/c9-5-3-13-8(15-11)14-7(5)12-1-2-17-4-6(10)16/h3H,1-2,4,11H2,(H2,10,16)(H2,12,13,14,15). The molecule has 0 saturated heterocycles. The number of aromatic nitrogens is 2. The number of halogens is 1. The van der Waals surface area contributed by atoms with Gasteiger partial charge < -0.3 is 15.8 Å². The molecule has 0 saturated carbocycles. The number of carbonyl (C=O) groups excluding carboxylic acids is 1. The van der Waals surface area contributed by atoms with Crippen LogP contribution in [0, 0.1) is 0 Å². The number of hydrogen-bond acceptors (Lipinski definition) is 7. The lowest BCUT2D eigenvalue weighted by atomic mass is 10.5. The molecular weight excluding hydrogens is 292 g/mol. The molecule has 0 fully saturated rings. The molecule has 0 bridgehead atoms. The number of nitrogens with one attached hydrogen (secondary N) is 2. The summed E-state index contributed by atoms with van der Waals surface area (Å²) < 4.78 is 5.68. The van der Waals surface area contributed by atoms with Crippen LogP contribution in [-0.2, 0) is 9.53 Å². The molecule has 1 heterocycles. The van der Waals surface area contributed by atoms with E-state index < -0.39 is 5.91 Å². The lowest BCUT2D eigenvalue weighted by Gasteiger charge is -2.08. The van der Waals surface area contributed by atoms with E-state index in [0.717, 1.165) is 0 Å². The smallest absolute Gasteiger partial charge is 0.243 e. The van der Waals surface area contributed by atoms with Crippen LogP contribution in [0.5, 0.6) is 0 Å². The van der Waals surface area contributed by atoms with E-state index in [-0.39, 0.29) is 6.61 Å². The Morgan fingerprint density at radius 3 is 3.00 bits per heavy atom. The van der Waals surface area contributed by atoms with Gasteiger partial charge in [0.15, 0.2) is 0 Å². The predicted octanol–water partition coefficient (Wildman–Crippen LogP) is -0.562. The van der Waals surface area contributed by atoms with Crippen LogP contribution in [-0.4, -0.2) is 35.6 Å². The number of anilines is 2. The fraction of sp³-hybridized carbons (Fsp3) is 0.375. The first-order valence-electron chi connectivity index (χ1n) is 4.72. The molecular formula is C8H13BrN6O2. The highest BCUT2D eigenvalue weighted by Crippen LogP contribution is 2.19. The summed E-state index contributed by atoms with van der Waals surface area (Å²) in [6.07, 6.45) is 1.56. The van der Waals surface area contributed by atoms with Crippen molar-refractivity contribution in [2.24, 2.45) is 11.6 Å². The van der Waals surface area contributed by atoms with Crippen LogP contribution in [0.15, 0.2) is 10.7 Å². The highest BCUT2D eigenvalue weighted by atomic mass is 79.9. The summed E-state index contributed by atoms with van der Waals surface area (Å²) in [4.78, 5) is 18.4. The summed E-state index contributed by atoms with van der Waals surface area (Å²) in [5.74, 6) is 5.57. The van der Waals surface area contributed by atoms with E-state index in [1.807, 2.05) is 0 Å². The largest absolute Gasteiger partial charge is 0.370 e. The third-order valence-electron chi connectivity index (χ3n) is 1.66. The zero-order valence-electron chi connectivity index (χ0n) is 8.94. The molecule has 6 N–H and O–H groups in total. The SMILES string of the molecule is NNc1ncc(Br)c(NCCOCC(N)=O)n1. The molecule has 0 spiro atoms. The van der Waals surface area contributed by atoms with Gasteiger partial charge >= 0.3 is 0 Å². The Morgan fingerprint density at radius 1 is 1.59 bits per heavy atom. The highest BCUT2D eigenvalue weighted by molar-refractivity contribution is 9.10. The van der Waals surface area contributed by atoms with Crippen LogP contribution < -0.4 is 22.3 Å².